The van der Waals surface area contributed by atoms with Crippen LogP contribution in [0.5, 0.6) is 5.88 Å². The average molecular weight is 522 g/mol. The molecule has 2 aliphatic rings. The fourth-order valence-electron chi connectivity index (χ4n) is 4.71. The molecule has 0 unspecified atom stereocenters. The number of thiazole rings is 2. The molecule has 4 aromatic rings. The van der Waals surface area contributed by atoms with E-state index in [1.165, 1.54) is 11.3 Å². The third kappa shape index (κ3) is 4.51. The van der Waals surface area contributed by atoms with Crippen LogP contribution in [-0.2, 0) is 0 Å². The predicted molar refractivity (Wildman–Crippen MR) is 140 cm³/mol. The molecular weight excluding hydrogens is 494 g/mol. The lowest BCUT2D eigenvalue weighted by molar-refractivity contribution is 0.0607. The van der Waals surface area contributed by atoms with Crippen molar-refractivity contribution in [2.45, 2.75) is 51.0 Å². The van der Waals surface area contributed by atoms with E-state index in [2.05, 4.69) is 10.3 Å². The van der Waals surface area contributed by atoms with E-state index in [1.54, 1.807) is 15.7 Å². The van der Waals surface area contributed by atoms with Crippen LogP contribution < -0.4 is 10.1 Å². The Hall–Kier alpha value is -3.24. The largest absolute Gasteiger partial charge is 0.414 e. The molecule has 186 valence electrons. The van der Waals surface area contributed by atoms with Crippen LogP contribution in [0.2, 0.25) is 0 Å². The Morgan fingerprint density at radius 3 is 2.78 bits per heavy atom. The highest BCUT2D eigenvalue weighted by Crippen LogP contribution is 2.45. The van der Waals surface area contributed by atoms with E-state index in [9.17, 15) is 9.59 Å². The first kappa shape index (κ1) is 23.2. The summed E-state index contributed by atoms with van der Waals surface area (Å²) in [6, 6.07) is 9.93. The quantitative estimate of drug-likeness (QED) is 0.363. The first-order valence-corrected chi connectivity index (χ1v) is 14.0. The first-order chi connectivity index (χ1) is 17.6. The smallest absolute Gasteiger partial charge is 0.391 e. The summed E-state index contributed by atoms with van der Waals surface area (Å²) in [4.78, 5) is 39.4. The van der Waals surface area contributed by atoms with E-state index >= 15 is 0 Å². The van der Waals surface area contributed by atoms with Gasteiger partial charge in [-0.2, -0.15) is 0 Å². The molecule has 4 heterocycles. The fourth-order valence-corrected chi connectivity index (χ4v) is 6.69. The van der Waals surface area contributed by atoms with Crippen molar-refractivity contribution in [3.63, 3.8) is 0 Å². The number of hydrogen-bond acceptors (Lipinski definition) is 7. The molecule has 10 heteroatoms. The van der Waals surface area contributed by atoms with Gasteiger partial charge in [-0.15, -0.1) is 22.7 Å². The van der Waals surface area contributed by atoms with Crippen LogP contribution in [0.15, 0.2) is 41.9 Å². The maximum absolute atomic E-state index is 13.8. The highest BCUT2D eigenvalue weighted by Gasteiger charge is 2.34. The minimum Gasteiger partial charge on any atom is -0.391 e. The van der Waals surface area contributed by atoms with Crippen LogP contribution in [0.4, 0.5) is 4.79 Å². The number of rotatable bonds is 6. The third-order valence-electron chi connectivity index (χ3n) is 6.75. The summed E-state index contributed by atoms with van der Waals surface area (Å²) >= 11 is 3.13. The Morgan fingerprint density at radius 2 is 1.97 bits per heavy atom. The molecule has 0 radical (unpaired) electrons. The van der Waals surface area contributed by atoms with Crippen molar-refractivity contribution in [2.24, 2.45) is 0 Å². The molecule has 1 saturated heterocycles. The molecule has 8 nitrogen and oxygen atoms in total. The summed E-state index contributed by atoms with van der Waals surface area (Å²) in [5.41, 5.74) is 2.23. The normalized spacial score (nSPS) is 17.9. The number of hydrogen-bond donors (Lipinski definition) is 1. The number of carbonyl (C=O) groups excluding carboxylic acids is 2. The van der Waals surface area contributed by atoms with Crippen LogP contribution in [0.25, 0.3) is 15.4 Å². The van der Waals surface area contributed by atoms with Crippen LogP contribution in [0, 0.1) is 6.92 Å². The molecule has 1 aliphatic heterocycles. The maximum atomic E-state index is 13.8. The van der Waals surface area contributed by atoms with Crippen molar-refractivity contribution in [3.8, 4) is 16.3 Å². The summed E-state index contributed by atoms with van der Waals surface area (Å²) in [7, 11) is 0. The Balaban J connectivity index is 1.18. The minimum absolute atomic E-state index is 0.0523. The topological polar surface area (TPSA) is 88.8 Å². The van der Waals surface area contributed by atoms with Gasteiger partial charge in [-0.1, -0.05) is 30.3 Å². The van der Waals surface area contributed by atoms with Gasteiger partial charge in [-0.3, -0.25) is 9.20 Å². The number of nitrogens with one attached hydrogen (secondary N) is 1. The fraction of sp³-hybridized carbons (Fsp3) is 0.385. The van der Waals surface area contributed by atoms with Crippen LogP contribution in [0.3, 0.4) is 0 Å². The Kier molecular flexibility index (Phi) is 6.22. The van der Waals surface area contributed by atoms with Gasteiger partial charge in [-0.05, 0) is 44.6 Å². The maximum Gasteiger partial charge on any atom is 0.414 e. The van der Waals surface area contributed by atoms with E-state index in [-0.39, 0.29) is 11.9 Å². The van der Waals surface area contributed by atoms with Crippen molar-refractivity contribution in [3.05, 3.63) is 58.3 Å². The van der Waals surface area contributed by atoms with Gasteiger partial charge in [0.2, 0.25) is 5.88 Å². The SMILES string of the molecule is Cc1nc2sccn2c1OC(=O)NC[C@@H]1CCCCN1C(=O)c1nc(C2CC2)sc1-c1ccccc1. The summed E-state index contributed by atoms with van der Waals surface area (Å²) in [6.45, 7) is 2.80. The van der Waals surface area contributed by atoms with Crippen molar-refractivity contribution in [2.75, 3.05) is 13.1 Å². The Bertz CT molecular complexity index is 1410. The molecule has 3 aromatic heterocycles. The number of piperidine rings is 1. The van der Waals surface area contributed by atoms with E-state index < -0.39 is 6.09 Å². The summed E-state index contributed by atoms with van der Waals surface area (Å²) in [5, 5.41) is 5.84. The first-order valence-electron chi connectivity index (χ1n) is 12.3. The van der Waals surface area contributed by atoms with Gasteiger partial charge in [0.1, 0.15) is 11.4 Å². The third-order valence-corrected chi connectivity index (χ3v) is 8.77. The molecule has 1 atom stereocenters. The van der Waals surface area contributed by atoms with E-state index in [4.69, 9.17) is 9.72 Å². The number of amides is 2. The van der Waals surface area contributed by atoms with Gasteiger partial charge in [-0.25, -0.2) is 14.8 Å². The van der Waals surface area contributed by atoms with Crippen molar-refractivity contribution in [1.29, 1.82) is 0 Å². The number of ether oxygens (including phenoxy) is 1. The highest BCUT2D eigenvalue weighted by molar-refractivity contribution is 7.15. The number of carbonyl (C=O) groups is 2. The second kappa shape index (κ2) is 9.67. The summed E-state index contributed by atoms with van der Waals surface area (Å²) in [5.74, 6) is 0.848. The number of nitrogens with zero attached hydrogens (tertiary/aromatic N) is 4. The van der Waals surface area contributed by atoms with E-state index in [0.717, 1.165) is 52.5 Å². The summed E-state index contributed by atoms with van der Waals surface area (Å²) in [6.07, 6.45) is 6.35. The lowest BCUT2D eigenvalue weighted by Crippen LogP contribution is -2.50. The molecule has 1 aliphatic carbocycles. The van der Waals surface area contributed by atoms with E-state index in [0.29, 0.717) is 36.3 Å². The van der Waals surface area contributed by atoms with Gasteiger partial charge >= 0.3 is 6.09 Å². The van der Waals surface area contributed by atoms with Gasteiger partial charge in [0, 0.05) is 36.6 Å². The molecule has 1 N–H and O–H groups in total. The lowest BCUT2D eigenvalue weighted by Gasteiger charge is -2.35. The number of likely N-dealkylation sites (tertiary alicyclic amines) is 1. The average Bonchev–Trinajstić information content (AvgIpc) is 3.37. The van der Waals surface area contributed by atoms with E-state index in [1.807, 2.05) is 53.7 Å². The number of aryl methyl sites for hydroxylation is 1. The molecule has 0 bridgehead atoms. The number of aromatic nitrogens is 3. The van der Waals surface area contributed by atoms with Crippen LogP contribution in [-0.4, -0.2) is 50.4 Å². The second-order valence-corrected chi connectivity index (χ2v) is 11.3. The summed E-state index contributed by atoms with van der Waals surface area (Å²) < 4.78 is 7.35. The Morgan fingerprint density at radius 1 is 1.14 bits per heavy atom. The zero-order valence-corrected chi connectivity index (χ0v) is 21.6. The van der Waals surface area contributed by atoms with Gasteiger partial charge in [0.05, 0.1) is 9.88 Å². The Labute approximate surface area is 216 Å². The number of imidazole rings is 1. The molecule has 1 aromatic carbocycles. The standard InChI is InChI=1S/C26H27N5O3S2/c1-16-24(31-13-14-35-25(31)28-16)34-26(33)27-15-19-9-5-6-12-30(19)23(32)20-21(17-7-3-2-4-8-17)36-22(29-20)18-10-11-18/h2-4,7-8,13-14,18-19H,5-6,9-12,15H2,1H3,(H,27,33)/t19-/m0/s1. The predicted octanol–water partition coefficient (Wildman–Crippen LogP) is 5.49. The molecule has 36 heavy (non-hydrogen) atoms. The van der Waals surface area contributed by atoms with Gasteiger partial charge < -0.3 is 15.0 Å². The zero-order valence-electron chi connectivity index (χ0n) is 20.0. The molecule has 0 spiro atoms. The minimum atomic E-state index is -0.543. The monoisotopic (exact) mass is 521 g/mol. The van der Waals surface area contributed by atoms with Gasteiger partial charge in [0.15, 0.2) is 4.96 Å². The zero-order chi connectivity index (χ0) is 24.6. The van der Waals surface area contributed by atoms with Crippen molar-refractivity contribution < 1.29 is 14.3 Å². The number of fused-ring (bicyclic) bond motifs is 1. The molecule has 6 rings (SSSR count). The molecular formula is C26H27N5O3S2. The lowest BCUT2D eigenvalue weighted by atomic mass is 10.0. The van der Waals surface area contributed by atoms with Crippen LogP contribution in [0.1, 0.15) is 59.2 Å². The molecule has 1 saturated carbocycles. The number of benzene rings is 1. The van der Waals surface area contributed by atoms with Crippen molar-refractivity contribution in [1.82, 2.24) is 24.6 Å². The molecule has 2 amide bonds. The molecule has 2 fully saturated rings. The second-order valence-electron chi connectivity index (χ2n) is 9.35. The highest BCUT2D eigenvalue weighted by atomic mass is 32.1. The van der Waals surface area contributed by atoms with Gasteiger partial charge in [0.25, 0.3) is 5.91 Å². The van der Waals surface area contributed by atoms with Crippen LogP contribution >= 0.6 is 22.7 Å². The van der Waals surface area contributed by atoms with Crippen molar-refractivity contribution >= 4 is 39.6 Å².